The van der Waals surface area contributed by atoms with Gasteiger partial charge in [-0.05, 0) is 17.7 Å². The topological polar surface area (TPSA) is 17.8 Å². The molecular weight excluding hydrogens is 192 g/mol. The van der Waals surface area contributed by atoms with E-state index in [1.165, 1.54) is 5.56 Å². The predicted octanol–water partition coefficient (Wildman–Crippen LogP) is 1.93. The summed E-state index contributed by atoms with van der Waals surface area (Å²) in [5, 5.41) is 4.10. The van der Waals surface area contributed by atoms with Crippen LogP contribution in [0.5, 0.6) is 0 Å². The van der Waals surface area contributed by atoms with Crippen LogP contribution in [0.1, 0.15) is 5.56 Å². The molecule has 1 aromatic heterocycles. The molecule has 0 atom stereocenters. The van der Waals surface area contributed by atoms with Crippen LogP contribution in [0.2, 0.25) is 0 Å². The summed E-state index contributed by atoms with van der Waals surface area (Å²) < 4.78 is 1.83. The molecule has 0 aliphatic rings. The highest BCUT2D eigenvalue weighted by Gasteiger charge is 1.95. The van der Waals surface area contributed by atoms with Crippen LogP contribution in [0.25, 0.3) is 0 Å². The van der Waals surface area contributed by atoms with E-state index in [2.05, 4.69) is 11.3 Å². The highest BCUT2D eigenvalue weighted by Crippen LogP contribution is 2.06. The van der Waals surface area contributed by atoms with Gasteiger partial charge < -0.3 is 0 Å². The third-order valence-electron chi connectivity index (χ3n) is 1.51. The Bertz CT molecular complexity index is 225. The van der Waals surface area contributed by atoms with Crippen LogP contribution in [-0.4, -0.2) is 27.2 Å². The molecule has 68 valence electrons. The van der Waals surface area contributed by atoms with E-state index in [1.807, 2.05) is 29.7 Å². The van der Waals surface area contributed by atoms with Crippen LogP contribution in [0, 0.1) is 0 Å². The molecule has 0 aliphatic heterocycles. The van der Waals surface area contributed by atoms with Gasteiger partial charge in [0.05, 0.1) is 6.20 Å². The van der Waals surface area contributed by atoms with Gasteiger partial charge in [-0.25, -0.2) is 0 Å². The molecule has 0 N–H and O–H groups in total. The molecule has 12 heavy (non-hydrogen) atoms. The minimum absolute atomic E-state index is 0.748. The van der Waals surface area contributed by atoms with Gasteiger partial charge in [-0.1, -0.05) is 0 Å². The lowest BCUT2D eigenvalue weighted by Gasteiger charge is -1.95. The molecule has 0 aliphatic carbocycles. The second kappa shape index (κ2) is 5.49. The average molecular weight is 205 g/mol. The zero-order valence-electron chi connectivity index (χ0n) is 7.16. The SMILES string of the molecule is Cn1cc(CCSCCCl)cn1. The fraction of sp³-hybridized carbons (Fsp3) is 0.625. The molecule has 1 aromatic rings. The molecular formula is C8H13ClN2S. The largest absolute Gasteiger partial charge is 0.276 e. The Kier molecular flexibility index (Phi) is 4.54. The number of aryl methyl sites for hydroxylation is 2. The summed E-state index contributed by atoms with van der Waals surface area (Å²) in [6, 6.07) is 0. The second-order valence-corrected chi connectivity index (χ2v) is 4.18. The van der Waals surface area contributed by atoms with Crippen LogP contribution in [-0.2, 0) is 13.5 Å². The standard InChI is InChI=1S/C8H13ClN2S/c1-11-7-8(6-10-11)2-4-12-5-3-9/h6-7H,2-5H2,1H3. The fourth-order valence-corrected chi connectivity index (χ4v) is 1.97. The number of alkyl halides is 1. The first-order valence-corrected chi connectivity index (χ1v) is 5.63. The normalized spacial score (nSPS) is 10.5. The Morgan fingerprint density at radius 1 is 1.58 bits per heavy atom. The van der Waals surface area contributed by atoms with Gasteiger partial charge in [-0.3, -0.25) is 4.68 Å². The molecule has 4 heteroatoms. The highest BCUT2D eigenvalue weighted by atomic mass is 35.5. The molecule has 1 heterocycles. The third-order valence-corrected chi connectivity index (χ3v) is 2.91. The number of nitrogens with zero attached hydrogens (tertiary/aromatic N) is 2. The number of aromatic nitrogens is 2. The summed E-state index contributed by atoms with van der Waals surface area (Å²) in [5.41, 5.74) is 1.31. The molecule has 0 saturated carbocycles. The number of rotatable bonds is 5. The van der Waals surface area contributed by atoms with E-state index >= 15 is 0 Å². The van der Waals surface area contributed by atoms with Crippen molar-refractivity contribution < 1.29 is 0 Å². The van der Waals surface area contributed by atoms with E-state index in [4.69, 9.17) is 11.6 Å². The first-order chi connectivity index (χ1) is 5.83. The van der Waals surface area contributed by atoms with E-state index < -0.39 is 0 Å². The Morgan fingerprint density at radius 2 is 2.42 bits per heavy atom. The summed E-state index contributed by atoms with van der Waals surface area (Å²) in [6.45, 7) is 0. The lowest BCUT2D eigenvalue weighted by atomic mass is 10.3. The van der Waals surface area contributed by atoms with Crippen LogP contribution < -0.4 is 0 Å². The van der Waals surface area contributed by atoms with Crippen molar-refractivity contribution in [2.45, 2.75) is 6.42 Å². The highest BCUT2D eigenvalue weighted by molar-refractivity contribution is 7.99. The third kappa shape index (κ3) is 3.50. The minimum atomic E-state index is 0.748. The van der Waals surface area contributed by atoms with Gasteiger partial charge in [-0.2, -0.15) is 16.9 Å². The van der Waals surface area contributed by atoms with Crippen molar-refractivity contribution in [3.8, 4) is 0 Å². The maximum absolute atomic E-state index is 5.55. The monoisotopic (exact) mass is 204 g/mol. The number of thioether (sulfide) groups is 1. The number of hydrogen-bond acceptors (Lipinski definition) is 2. The summed E-state index contributed by atoms with van der Waals surface area (Å²) in [5.74, 6) is 2.93. The second-order valence-electron chi connectivity index (χ2n) is 2.57. The fourth-order valence-electron chi connectivity index (χ4n) is 0.948. The van der Waals surface area contributed by atoms with E-state index in [1.54, 1.807) is 0 Å². The van der Waals surface area contributed by atoms with Crippen molar-refractivity contribution in [2.75, 3.05) is 17.4 Å². The Hall–Kier alpha value is -0.150. The first kappa shape index (κ1) is 9.93. The number of hydrogen-bond donors (Lipinski definition) is 0. The molecule has 0 aromatic carbocycles. The number of halogens is 1. The lowest BCUT2D eigenvalue weighted by Crippen LogP contribution is -1.89. The van der Waals surface area contributed by atoms with Crippen LogP contribution in [0.4, 0.5) is 0 Å². The van der Waals surface area contributed by atoms with Crippen molar-refractivity contribution in [1.82, 2.24) is 9.78 Å². The van der Waals surface area contributed by atoms with Crippen molar-refractivity contribution in [1.29, 1.82) is 0 Å². The van der Waals surface area contributed by atoms with E-state index in [0.29, 0.717) is 0 Å². The molecule has 0 unspecified atom stereocenters. The van der Waals surface area contributed by atoms with E-state index in [-0.39, 0.29) is 0 Å². The van der Waals surface area contributed by atoms with Gasteiger partial charge in [-0.15, -0.1) is 11.6 Å². The predicted molar refractivity (Wildman–Crippen MR) is 55.0 cm³/mol. The summed E-state index contributed by atoms with van der Waals surface area (Å²) >= 11 is 7.44. The van der Waals surface area contributed by atoms with E-state index in [9.17, 15) is 0 Å². The van der Waals surface area contributed by atoms with Gasteiger partial charge in [0, 0.05) is 24.9 Å². The van der Waals surface area contributed by atoms with E-state index in [0.717, 1.165) is 23.8 Å². The van der Waals surface area contributed by atoms with Crippen molar-refractivity contribution in [3.05, 3.63) is 18.0 Å². The molecule has 0 saturated heterocycles. The quantitative estimate of drug-likeness (QED) is 0.539. The van der Waals surface area contributed by atoms with Crippen molar-refractivity contribution >= 4 is 23.4 Å². The molecule has 1 rings (SSSR count). The summed E-state index contributed by atoms with van der Waals surface area (Å²) in [7, 11) is 1.94. The Balaban J connectivity index is 2.15. The summed E-state index contributed by atoms with van der Waals surface area (Å²) in [4.78, 5) is 0. The maximum Gasteiger partial charge on any atom is 0.0521 e. The Morgan fingerprint density at radius 3 is 3.00 bits per heavy atom. The zero-order chi connectivity index (χ0) is 8.81. The molecule has 0 radical (unpaired) electrons. The summed E-state index contributed by atoms with van der Waals surface area (Å²) in [6.07, 6.45) is 5.07. The molecule has 0 fully saturated rings. The van der Waals surface area contributed by atoms with Crippen molar-refractivity contribution in [3.63, 3.8) is 0 Å². The van der Waals surface area contributed by atoms with Gasteiger partial charge in [0.1, 0.15) is 0 Å². The lowest BCUT2D eigenvalue weighted by molar-refractivity contribution is 0.767. The van der Waals surface area contributed by atoms with Crippen LogP contribution in [0.15, 0.2) is 12.4 Å². The average Bonchev–Trinajstić information content (AvgIpc) is 2.45. The van der Waals surface area contributed by atoms with Gasteiger partial charge in [0.2, 0.25) is 0 Å². The Labute approximate surface area is 82.3 Å². The van der Waals surface area contributed by atoms with Crippen LogP contribution >= 0.6 is 23.4 Å². The van der Waals surface area contributed by atoms with Crippen LogP contribution in [0.3, 0.4) is 0 Å². The minimum Gasteiger partial charge on any atom is -0.276 e. The molecule has 0 spiro atoms. The smallest absolute Gasteiger partial charge is 0.0521 e. The maximum atomic E-state index is 5.55. The molecule has 0 bridgehead atoms. The molecule has 0 amide bonds. The molecule has 2 nitrogen and oxygen atoms in total. The zero-order valence-corrected chi connectivity index (χ0v) is 8.74. The van der Waals surface area contributed by atoms with Gasteiger partial charge in [0.25, 0.3) is 0 Å². The van der Waals surface area contributed by atoms with Gasteiger partial charge >= 0.3 is 0 Å². The van der Waals surface area contributed by atoms with Gasteiger partial charge in [0.15, 0.2) is 0 Å². The first-order valence-electron chi connectivity index (χ1n) is 3.94. The van der Waals surface area contributed by atoms with Crippen molar-refractivity contribution in [2.24, 2.45) is 7.05 Å².